The van der Waals surface area contributed by atoms with E-state index in [4.69, 9.17) is 0 Å². The summed E-state index contributed by atoms with van der Waals surface area (Å²) in [6, 6.07) is 2.19. The second kappa shape index (κ2) is 10.4. The van der Waals surface area contributed by atoms with E-state index < -0.39 is 0 Å². The van der Waals surface area contributed by atoms with Crippen LogP contribution >= 0.6 is 15.9 Å². The van der Waals surface area contributed by atoms with Crippen LogP contribution in [-0.2, 0) is 0 Å². The minimum Gasteiger partial charge on any atom is -0.264 e. The monoisotopic (exact) mass is 325 g/mol. The number of rotatable bonds is 10. The molecular weight excluding hydrogens is 298 g/mol. The molecular formula is C17H28BrN. The average Bonchev–Trinajstić information content (AvgIpc) is 2.42. The summed E-state index contributed by atoms with van der Waals surface area (Å²) in [7, 11) is 0. The fourth-order valence-corrected chi connectivity index (χ4v) is 3.20. The number of nitrogens with zero attached hydrogens (tertiary/aromatic N) is 1. The van der Waals surface area contributed by atoms with Crippen LogP contribution in [0.2, 0.25) is 0 Å². The maximum absolute atomic E-state index is 4.19. The van der Waals surface area contributed by atoms with E-state index in [2.05, 4.69) is 40.8 Å². The van der Waals surface area contributed by atoms with Crippen LogP contribution < -0.4 is 0 Å². The van der Waals surface area contributed by atoms with Gasteiger partial charge in [0.1, 0.15) is 0 Å². The van der Waals surface area contributed by atoms with Gasteiger partial charge in [0.05, 0.1) is 0 Å². The topological polar surface area (TPSA) is 12.9 Å². The number of pyridine rings is 1. The van der Waals surface area contributed by atoms with E-state index in [0.717, 1.165) is 0 Å². The van der Waals surface area contributed by atoms with Crippen molar-refractivity contribution in [3.8, 4) is 0 Å². The van der Waals surface area contributed by atoms with Gasteiger partial charge in [-0.3, -0.25) is 4.98 Å². The summed E-state index contributed by atoms with van der Waals surface area (Å²) in [5.74, 6) is 0.709. The van der Waals surface area contributed by atoms with E-state index in [1.807, 2.05) is 12.4 Å². The summed E-state index contributed by atoms with van der Waals surface area (Å²) >= 11 is 3.67. The van der Waals surface area contributed by atoms with Crippen molar-refractivity contribution in [2.24, 2.45) is 0 Å². The Bertz CT molecular complexity index is 338. The van der Waals surface area contributed by atoms with Crippen LogP contribution in [-0.4, -0.2) is 4.98 Å². The summed E-state index contributed by atoms with van der Waals surface area (Å²) < 4.78 is 1.19. The quantitative estimate of drug-likeness (QED) is 0.448. The van der Waals surface area contributed by atoms with Gasteiger partial charge in [-0.1, -0.05) is 58.8 Å². The highest BCUT2D eigenvalue weighted by Crippen LogP contribution is 2.32. The molecule has 1 heterocycles. The molecule has 108 valence electrons. The molecule has 0 amide bonds. The first-order valence-electron chi connectivity index (χ1n) is 7.89. The Morgan fingerprint density at radius 3 is 2.26 bits per heavy atom. The van der Waals surface area contributed by atoms with Crippen LogP contribution in [0.4, 0.5) is 0 Å². The first-order chi connectivity index (χ1) is 9.29. The Labute approximate surface area is 127 Å². The highest BCUT2D eigenvalue weighted by atomic mass is 79.9. The maximum Gasteiger partial charge on any atom is 0.0413 e. The largest absolute Gasteiger partial charge is 0.264 e. The zero-order chi connectivity index (χ0) is 13.9. The number of hydrogen-bond acceptors (Lipinski definition) is 1. The lowest BCUT2D eigenvalue weighted by Gasteiger charge is -2.18. The molecule has 1 rings (SSSR count). The van der Waals surface area contributed by atoms with E-state index in [1.165, 1.54) is 67.8 Å². The minimum atomic E-state index is 0.709. The molecule has 1 aromatic heterocycles. The smallest absolute Gasteiger partial charge is 0.0413 e. The van der Waals surface area contributed by atoms with Gasteiger partial charge in [-0.2, -0.15) is 0 Å². The molecule has 0 fully saturated rings. The van der Waals surface area contributed by atoms with Gasteiger partial charge in [-0.25, -0.2) is 0 Å². The van der Waals surface area contributed by atoms with Crippen LogP contribution in [0.1, 0.15) is 83.1 Å². The van der Waals surface area contributed by atoms with Crippen molar-refractivity contribution in [3.05, 3.63) is 28.5 Å². The Morgan fingerprint density at radius 2 is 1.63 bits per heavy atom. The molecule has 1 unspecified atom stereocenters. The predicted octanol–water partition coefficient (Wildman–Crippen LogP) is 6.48. The normalized spacial score (nSPS) is 12.6. The third-order valence-electron chi connectivity index (χ3n) is 3.81. The first kappa shape index (κ1) is 16.7. The third-order valence-corrected chi connectivity index (χ3v) is 4.47. The predicted molar refractivity (Wildman–Crippen MR) is 87.6 cm³/mol. The van der Waals surface area contributed by atoms with Gasteiger partial charge in [0.15, 0.2) is 0 Å². The molecule has 0 bridgehead atoms. The van der Waals surface area contributed by atoms with Crippen molar-refractivity contribution in [2.75, 3.05) is 0 Å². The molecule has 0 N–H and O–H groups in total. The molecule has 0 radical (unpaired) electrons. The second-order valence-electron chi connectivity index (χ2n) is 5.44. The lowest BCUT2D eigenvalue weighted by atomic mass is 9.89. The second-order valence-corrected chi connectivity index (χ2v) is 6.29. The highest BCUT2D eigenvalue weighted by Gasteiger charge is 2.13. The molecule has 0 aliphatic carbocycles. The van der Waals surface area contributed by atoms with Crippen LogP contribution in [0.5, 0.6) is 0 Å². The molecule has 0 aliphatic heterocycles. The fourth-order valence-electron chi connectivity index (χ4n) is 2.63. The van der Waals surface area contributed by atoms with E-state index in [0.29, 0.717) is 5.92 Å². The maximum atomic E-state index is 4.19. The van der Waals surface area contributed by atoms with Crippen molar-refractivity contribution in [2.45, 2.75) is 77.6 Å². The van der Waals surface area contributed by atoms with E-state index in [1.54, 1.807) is 0 Å². The first-order valence-corrected chi connectivity index (χ1v) is 8.68. The minimum absolute atomic E-state index is 0.709. The fraction of sp³-hybridized carbons (Fsp3) is 0.706. The number of aromatic nitrogens is 1. The van der Waals surface area contributed by atoms with E-state index in [9.17, 15) is 0 Å². The van der Waals surface area contributed by atoms with Gasteiger partial charge in [0, 0.05) is 16.9 Å². The third kappa shape index (κ3) is 6.56. The Morgan fingerprint density at radius 1 is 1.00 bits per heavy atom. The van der Waals surface area contributed by atoms with Gasteiger partial charge >= 0.3 is 0 Å². The van der Waals surface area contributed by atoms with Gasteiger partial charge < -0.3 is 0 Å². The molecule has 19 heavy (non-hydrogen) atoms. The number of unbranched alkanes of at least 4 members (excludes halogenated alkanes) is 5. The zero-order valence-corrected chi connectivity index (χ0v) is 14.1. The molecule has 0 saturated heterocycles. The van der Waals surface area contributed by atoms with Crippen LogP contribution in [0.15, 0.2) is 22.9 Å². The molecule has 2 heteroatoms. The molecule has 1 nitrogen and oxygen atoms in total. The zero-order valence-electron chi connectivity index (χ0n) is 12.5. The molecule has 0 aromatic carbocycles. The van der Waals surface area contributed by atoms with Gasteiger partial charge in [0.25, 0.3) is 0 Å². The van der Waals surface area contributed by atoms with Crippen molar-refractivity contribution in [1.29, 1.82) is 0 Å². The van der Waals surface area contributed by atoms with Crippen molar-refractivity contribution < 1.29 is 0 Å². The summed E-state index contributed by atoms with van der Waals surface area (Å²) in [6.45, 7) is 4.55. The molecule has 0 saturated carbocycles. The van der Waals surface area contributed by atoms with Crippen LogP contribution in [0, 0.1) is 0 Å². The molecule has 1 aromatic rings. The van der Waals surface area contributed by atoms with Crippen molar-refractivity contribution in [3.63, 3.8) is 0 Å². The summed E-state index contributed by atoms with van der Waals surface area (Å²) in [4.78, 5) is 4.19. The SMILES string of the molecule is CCCCCCC(CCCCC)c1ccncc1Br. The number of hydrogen-bond donors (Lipinski definition) is 0. The Balaban J connectivity index is 2.55. The molecule has 1 atom stereocenters. The highest BCUT2D eigenvalue weighted by molar-refractivity contribution is 9.10. The summed E-state index contributed by atoms with van der Waals surface area (Å²) in [5.41, 5.74) is 1.46. The molecule has 0 spiro atoms. The Hall–Kier alpha value is -0.370. The number of halogens is 1. The Kier molecular flexibility index (Phi) is 9.15. The van der Waals surface area contributed by atoms with Crippen LogP contribution in [0.25, 0.3) is 0 Å². The van der Waals surface area contributed by atoms with Gasteiger partial charge in [-0.15, -0.1) is 0 Å². The summed E-state index contributed by atoms with van der Waals surface area (Å²) in [5, 5.41) is 0. The van der Waals surface area contributed by atoms with Gasteiger partial charge in [-0.05, 0) is 46.3 Å². The lowest BCUT2D eigenvalue weighted by Crippen LogP contribution is -2.01. The van der Waals surface area contributed by atoms with E-state index >= 15 is 0 Å². The summed E-state index contributed by atoms with van der Waals surface area (Å²) in [6.07, 6.45) is 16.0. The van der Waals surface area contributed by atoms with E-state index in [-0.39, 0.29) is 0 Å². The standard InChI is InChI=1S/C17H28BrN/c1-3-5-7-9-11-15(10-8-6-4-2)16-12-13-19-14-17(16)18/h12-15H,3-11H2,1-2H3. The van der Waals surface area contributed by atoms with Crippen molar-refractivity contribution in [1.82, 2.24) is 4.98 Å². The molecule has 0 aliphatic rings. The average molecular weight is 326 g/mol. The van der Waals surface area contributed by atoms with Gasteiger partial charge in [0.2, 0.25) is 0 Å². The van der Waals surface area contributed by atoms with Crippen molar-refractivity contribution >= 4 is 15.9 Å². The van der Waals surface area contributed by atoms with Crippen LogP contribution in [0.3, 0.4) is 0 Å². The lowest BCUT2D eigenvalue weighted by molar-refractivity contribution is 0.500.